The molecule has 2 rings (SSSR count). The Balaban J connectivity index is 2.39. The standard InChI is InChI=1S/C14H13BrN2O2S/c1-19-10-4-7-12(14(16)17-18)13(8-10)20-11-5-2-9(15)3-6-11/h2-8,18H,1H3,(H2,16,17). The normalized spacial score (nSPS) is 11.4. The molecule has 0 radical (unpaired) electrons. The van der Waals surface area contributed by atoms with Gasteiger partial charge in [0.05, 0.1) is 7.11 Å². The van der Waals surface area contributed by atoms with Crippen molar-refractivity contribution in [3.63, 3.8) is 0 Å². The molecule has 0 bridgehead atoms. The molecule has 0 saturated heterocycles. The molecule has 3 N–H and O–H groups in total. The third-order valence-electron chi connectivity index (χ3n) is 2.61. The smallest absolute Gasteiger partial charge is 0.171 e. The number of ether oxygens (including phenoxy) is 1. The minimum atomic E-state index is 0.0762. The SMILES string of the molecule is COc1ccc(/C(N)=N/O)c(Sc2ccc(Br)cc2)c1. The molecular formula is C14H13BrN2O2S. The Bertz CT molecular complexity index is 630. The molecule has 0 fully saturated rings. The summed E-state index contributed by atoms with van der Waals surface area (Å²) < 4.78 is 6.23. The molecule has 0 amide bonds. The van der Waals surface area contributed by atoms with E-state index in [4.69, 9.17) is 15.7 Å². The summed E-state index contributed by atoms with van der Waals surface area (Å²) in [6.45, 7) is 0. The highest BCUT2D eigenvalue weighted by Crippen LogP contribution is 2.33. The fourth-order valence-corrected chi connectivity index (χ4v) is 2.86. The maximum atomic E-state index is 8.86. The number of oxime groups is 1. The summed E-state index contributed by atoms with van der Waals surface area (Å²) in [7, 11) is 1.60. The lowest BCUT2D eigenvalue weighted by Crippen LogP contribution is -2.14. The zero-order valence-corrected chi connectivity index (χ0v) is 13.1. The lowest BCUT2D eigenvalue weighted by atomic mass is 10.2. The van der Waals surface area contributed by atoms with Crippen LogP contribution in [0.2, 0.25) is 0 Å². The first kappa shape index (κ1) is 14.7. The van der Waals surface area contributed by atoms with Gasteiger partial charge >= 0.3 is 0 Å². The van der Waals surface area contributed by atoms with E-state index in [1.165, 1.54) is 11.8 Å². The van der Waals surface area contributed by atoms with Crippen LogP contribution in [-0.4, -0.2) is 18.2 Å². The molecule has 0 atom stereocenters. The molecule has 6 heteroatoms. The van der Waals surface area contributed by atoms with E-state index < -0.39 is 0 Å². The van der Waals surface area contributed by atoms with Crippen LogP contribution in [0.15, 0.2) is 61.9 Å². The van der Waals surface area contributed by atoms with Gasteiger partial charge in [-0.25, -0.2) is 0 Å². The Labute approximate surface area is 129 Å². The minimum absolute atomic E-state index is 0.0762. The van der Waals surface area contributed by atoms with E-state index in [1.807, 2.05) is 30.3 Å². The van der Waals surface area contributed by atoms with Crippen LogP contribution in [-0.2, 0) is 0 Å². The number of hydrogen-bond acceptors (Lipinski definition) is 4. The first-order valence-corrected chi connectivity index (χ1v) is 7.34. The van der Waals surface area contributed by atoms with Gasteiger partial charge < -0.3 is 15.7 Å². The average Bonchev–Trinajstić information content (AvgIpc) is 2.48. The molecular weight excluding hydrogens is 340 g/mol. The van der Waals surface area contributed by atoms with E-state index in [-0.39, 0.29) is 5.84 Å². The molecule has 0 unspecified atom stereocenters. The fraction of sp³-hybridized carbons (Fsp3) is 0.0714. The molecule has 4 nitrogen and oxygen atoms in total. The van der Waals surface area contributed by atoms with Gasteiger partial charge in [0.15, 0.2) is 5.84 Å². The topological polar surface area (TPSA) is 67.8 Å². The predicted octanol–water partition coefficient (Wildman–Crippen LogP) is 3.70. The van der Waals surface area contributed by atoms with Crippen LogP contribution < -0.4 is 10.5 Å². The summed E-state index contributed by atoms with van der Waals surface area (Å²) in [5.41, 5.74) is 6.37. The molecule has 2 aromatic rings. The van der Waals surface area contributed by atoms with Crippen molar-refractivity contribution >= 4 is 33.5 Å². The molecule has 0 aliphatic carbocycles. The molecule has 0 aromatic heterocycles. The van der Waals surface area contributed by atoms with Gasteiger partial charge in [-0.15, -0.1) is 0 Å². The molecule has 0 heterocycles. The zero-order valence-electron chi connectivity index (χ0n) is 10.7. The lowest BCUT2D eigenvalue weighted by Gasteiger charge is -2.10. The summed E-state index contributed by atoms with van der Waals surface area (Å²) in [5, 5.41) is 11.9. The summed E-state index contributed by atoms with van der Waals surface area (Å²) >= 11 is 4.92. The van der Waals surface area contributed by atoms with Gasteiger partial charge in [-0.2, -0.15) is 0 Å². The van der Waals surface area contributed by atoms with E-state index in [2.05, 4.69) is 21.1 Å². The number of halogens is 1. The van der Waals surface area contributed by atoms with Crippen molar-refractivity contribution in [1.29, 1.82) is 0 Å². The zero-order chi connectivity index (χ0) is 14.5. The highest BCUT2D eigenvalue weighted by atomic mass is 79.9. The van der Waals surface area contributed by atoms with Crippen LogP contribution in [0.25, 0.3) is 0 Å². The highest BCUT2D eigenvalue weighted by Gasteiger charge is 2.10. The van der Waals surface area contributed by atoms with E-state index in [1.54, 1.807) is 19.2 Å². The Kier molecular flexibility index (Phi) is 4.92. The van der Waals surface area contributed by atoms with Crippen molar-refractivity contribution < 1.29 is 9.94 Å². The van der Waals surface area contributed by atoms with Gasteiger partial charge in [0.1, 0.15) is 5.75 Å². The van der Waals surface area contributed by atoms with Crippen LogP contribution >= 0.6 is 27.7 Å². The van der Waals surface area contributed by atoms with Crippen molar-refractivity contribution in [3.05, 3.63) is 52.5 Å². The molecule has 0 aliphatic heterocycles. The Morgan fingerprint density at radius 2 is 1.95 bits per heavy atom. The molecule has 0 saturated carbocycles. The third-order valence-corrected chi connectivity index (χ3v) is 4.21. The van der Waals surface area contributed by atoms with Crippen molar-refractivity contribution in [2.45, 2.75) is 9.79 Å². The Morgan fingerprint density at radius 3 is 2.55 bits per heavy atom. The minimum Gasteiger partial charge on any atom is -0.497 e. The second-order valence-electron chi connectivity index (χ2n) is 3.90. The number of methoxy groups -OCH3 is 1. The van der Waals surface area contributed by atoms with Crippen LogP contribution in [0.3, 0.4) is 0 Å². The summed E-state index contributed by atoms with van der Waals surface area (Å²) in [4.78, 5) is 1.91. The van der Waals surface area contributed by atoms with Crippen molar-refractivity contribution in [2.24, 2.45) is 10.9 Å². The van der Waals surface area contributed by atoms with Crippen LogP contribution in [0, 0.1) is 0 Å². The first-order valence-electron chi connectivity index (χ1n) is 5.73. The molecule has 104 valence electrons. The molecule has 0 spiro atoms. The van der Waals surface area contributed by atoms with Gasteiger partial charge in [-0.3, -0.25) is 0 Å². The fourth-order valence-electron chi connectivity index (χ4n) is 1.61. The van der Waals surface area contributed by atoms with E-state index in [0.29, 0.717) is 5.56 Å². The first-order chi connectivity index (χ1) is 9.63. The van der Waals surface area contributed by atoms with Crippen molar-refractivity contribution in [3.8, 4) is 5.75 Å². The van der Waals surface area contributed by atoms with Crippen LogP contribution in [0.5, 0.6) is 5.75 Å². The number of rotatable bonds is 4. The second kappa shape index (κ2) is 6.67. The third kappa shape index (κ3) is 3.46. The summed E-state index contributed by atoms with van der Waals surface area (Å²) in [6.07, 6.45) is 0. The van der Waals surface area contributed by atoms with Gasteiger partial charge in [0.25, 0.3) is 0 Å². The second-order valence-corrected chi connectivity index (χ2v) is 5.93. The number of benzene rings is 2. The number of hydrogen-bond donors (Lipinski definition) is 2. The van der Waals surface area contributed by atoms with E-state index in [9.17, 15) is 0 Å². The van der Waals surface area contributed by atoms with Crippen molar-refractivity contribution in [1.82, 2.24) is 0 Å². The average molecular weight is 353 g/mol. The Hall–Kier alpha value is -1.66. The number of nitrogens with zero attached hydrogens (tertiary/aromatic N) is 1. The summed E-state index contributed by atoms with van der Waals surface area (Å²) in [5.74, 6) is 0.798. The highest BCUT2D eigenvalue weighted by molar-refractivity contribution is 9.10. The van der Waals surface area contributed by atoms with E-state index in [0.717, 1.165) is 20.0 Å². The number of amidine groups is 1. The van der Waals surface area contributed by atoms with Gasteiger partial charge in [0.2, 0.25) is 0 Å². The van der Waals surface area contributed by atoms with Gasteiger partial charge in [-0.05, 0) is 42.5 Å². The molecule has 2 aromatic carbocycles. The van der Waals surface area contributed by atoms with E-state index >= 15 is 0 Å². The largest absolute Gasteiger partial charge is 0.497 e. The van der Waals surface area contributed by atoms with Gasteiger partial charge in [-0.1, -0.05) is 32.8 Å². The van der Waals surface area contributed by atoms with Crippen molar-refractivity contribution in [2.75, 3.05) is 7.11 Å². The monoisotopic (exact) mass is 352 g/mol. The molecule has 0 aliphatic rings. The lowest BCUT2D eigenvalue weighted by molar-refractivity contribution is 0.318. The van der Waals surface area contributed by atoms with Gasteiger partial charge in [0, 0.05) is 19.8 Å². The predicted molar refractivity (Wildman–Crippen MR) is 83.8 cm³/mol. The van der Waals surface area contributed by atoms with Crippen LogP contribution in [0.4, 0.5) is 0 Å². The maximum Gasteiger partial charge on any atom is 0.171 e. The maximum absolute atomic E-state index is 8.86. The Morgan fingerprint density at radius 1 is 1.25 bits per heavy atom. The van der Waals surface area contributed by atoms with Crippen LogP contribution in [0.1, 0.15) is 5.56 Å². The number of nitrogens with two attached hydrogens (primary N) is 1. The molecule has 20 heavy (non-hydrogen) atoms. The quantitative estimate of drug-likeness (QED) is 0.381. The summed E-state index contributed by atoms with van der Waals surface area (Å²) in [6, 6.07) is 13.3.